The van der Waals surface area contributed by atoms with Gasteiger partial charge < -0.3 is 10.1 Å². The van der Waals surface area contributed by atoms with E-state index in [1.165, 1.54) is 6.07 Å². The van der Waals surface area contributed by atoms with Gasteiger partial charge in [-0.25, -0.2) is 9.24 Å². The molecule has 1 aromatic rings. The Labute approximate surface area is 118 Å². The second-order valence-electron chi connectivity index (χ2n) is 5.40. The third-order valence-electron chi connectivity index (χ3n) is 4.24. The van der Waals surface area contributed by atoms with Crippen LogP contribution in [-0.2, 0) is 4.74 Å². The highest BCUT2D eigenvalue weighted by molar-refractivity contribution is 5.56. The van der Waals surface area contributed by atoms with Crippen LogP contribution in [0.25, 0.3) is 4.85 Å². The van der Waals surface area contributed by atoms with Gasteiger partial charge in [0.05, 0.1) is 19.3 Å². The van der Waals surface area contributed by atoms with Crippen molar-refractivity contribution in [1.82, 2.24) is 10.2 Å². The molecule has 5 heteroatoms. The van der Waals surface area contributed by atoms with Crippen LogP contribution in [0.2, 0.25) is 0 Å². The summed E-state index contributed by atoms with van der Waals surface area (Å²) in [6.45, 7) is 13.4. The molecule has 106 valence electrons. The number of ether oxygens (including phenoxy) is 1. The molecule has 2 aliphatic rings. The lowest BCUT2D eigenvalue weighted by molar-refractivity contribution is -0.0719. The number of benzene rings is 1. The van der Waals surface area contributed by atoms with E-state index in [1.54, 1.807) is 13.0 Å². The Balaban J connectivity index is 1.85. The van der Waals surface area contributed by atoms with Crippen molar-refractivity contribution in [3.63, 3.8) is 0 Å². The van der Waals surface area contributed by atoms with Crippen LogP contribution >= 0.6 is 0 Å². The molecule has 4 nitrogen and oxygen atoms in total. The Kier molecular flexibility index (Phi) is 3.70. The third-order valence-corrected chi connectivity index (χ3v) is 4.24. The zero-order valence-corrected chi connectivity index (χ0v) is 11.5. The molecule has 0 aliphatic carbocycles. The number of nitrogens with zero attached hydrogens (tertiary/aromatic N) is 2. The molecule has 3 rings (SSSR count). The molecular weight excluding hydrogens is 257 g/mol. The van der Waals surface area contributed by atoms with E-state index in [0.29, 0.717) is 18.2 Å². The van der Waals surface area contributed by atoms with E-state index in [9.17, 15) is 4.39 Å². The molecule has 0 aromatic heterocycles. The number of piperazine rings is 1. The van der Waals surface area contributed by atoms with Gasteiger partial charge >= 0.3 is 0 Å². The highest BCUT2D eigenvalue weighted by atomic mass is 19.1. The van der Waals surface area contributed by atoms with Crippen molar-refractivity contribution in [2.75, 3.05) is 32.8 Å². The summed E-state index contributed by atoms with van der Waals surface area (Å²) in [6, 6.07) is 3.57. The number of nitrogens with one attached hydrogen (secondary N) is 1. The fraction of sp³-hybridized carbons (Fsp3) is 0.533. The predicted octanol–water partition coefficient (Wildman–Crippen LogP) is 2.03. The highest BCUT2D eigenvalue weighted by Crippen LogP contribution is 2.33. The van der Waals surface area contributed by atoms with Crippen LogP contribution in [0.3, 0.4) is 0 Å². The maximum absolute atomic E-state index is 13.6. The highest BCUT2D eigenvalue weighted by Gasteiger charge is 2.32. The normalized spacial score (nSPS) is 26.9. The van der Waals surface area contributed by atoms with Crippen LogP contribution in [0.1, 0.15) is 17.2 Å². The van der Waals surface area contributed by atoms with Gasteiger partial charge in [-0.15, -0.1) is 0 Å². The van der Waals surface area contributed by atoms with Crippen molar-refractivity contribution in [3.8, 4) is 0 Å². The molecule has 0 amide bonds. The van der Waals surface area contributed by atoms with Crippen molar-refractivity contribution in [2.45, 2.75) is 19.1 Å². The van der Waals surface area contributed by atoms with Crippen LogP contribution in [0, 0.1) is 19.3 Å². The van der Waals surface area contributed by atoms with Gasteiger partial charge in [-0.05, 0) is 24.1 Å². The van der Waals surface area contributed by atoms with Crippen LogP contribution in [0.15, 0.2) is 12.1 Å². The Morgan fingerprint density at radius 2 is 2.35 bits per heavy atom. The van der Waals surface area contributed by atoms with Crippen molar-refractivity contribution in [2.24, 2.45) is 0 Å². The minimum absolute atomic E-state index is 0.0644. The van der Waals surface area contributed by atoms with E-state index in [4.69, 9.17) is 11.3 Å². The molecule has 2 fully saturated rings. The van der Waals surface area contributed by atoms with E-state index < -0.39 is 5.82 Å². The Morgan fingerprint density at radius 3 is 3.15 bits per heavy atom. The molecular formula is C15H18FN3O. The van der Waals surface area contributed by atoms with Gasteiger partial charge in [0.15, 0.2) is 0 Å². The molecule has 2 atom stereocenters. The smallest absolute Gasteiger partial charge is 0.225 e. The van der Waals surface area contributed by atoms with Crippen molar-refractivity contribution in [3.05, 3.63) is 40.5 Å². The lowest BCUT2D eigenvalue weighted by Crippen LogP contribution is -2.57. The molecule has 0 unspecified atom stereocenters. The second kappa shape index (κ2) is 5.49. The number of morpholine rings is 1. The first-order valence-electron chi connectivity index (χ1n) is 6.93. The molecule has 0 radical (unpaired) electrons. The number of halogens is 1. The Bertz CT molecular complexity index is 555. The molecule has 2 aliphatic heterocycles. The molecule has 2 heterocycles. The largest absolute Gasteiger partial charge is 0.371 e. The number of rotatable bonds is 1. The molecule has 0 spiro atoms. The molecule has 20 heavy (non-hydrogen) atoms. The summed E-state index contributed by atoms with van der Waals surface area (Å²) >= 11 is 0. The second-order valence-corrected chi connectivity index (χ2v) is 5.40. The minimum Gasteiger partial charge on any atom is -0.371 e. The van der Waals surface area contributed by atoms with E-state index in [0.717, 1.165) is 31.7 Å². The molecule has 2 saturated heterocycles. The summed E-state index contributed by atoms with van der Waals surface area (Å²) < 4.78 is 19.5. The predicted molar refractivity (Wildman–Crippen MR) is 74.3 cm³/mol. The first-order valence-corrected chi connectivity index (χ1v) is 6.93. The molecule has 1 aromatic carbocycles. The van der Waals surface area contributed by atoms with Crippen LogP contribution in [0.5, 0.6) is 0 Å². The van der Waals surface area contributed by atoms with Gasteiger partial charge in [0.25, 0.3) is 0 Å². The minimum atomic E-state index is -0.447. The zero-order valence-electron chi connectivity index (χ0n) is 11.5. The molecule has 0 bridgehead atoms. The summed E-state index contributed by atoms with van der Waals surface area (Å²) in [5, 5.41) is 3.36. The van der Waals surface area contributed by atoms with Gasteiger partial charge in [-0.3, -0.25) is 4.90 Å². The third kappa shape index (κ3) is 2.31. The first kappa shape index (κ1) is 13.5. The van der Waals surface area contributed by atoms with Gasteiger partial charge in [0.2, 0.25) is 5.69 Å². The van der Waals surface area contributed by atoms with Crippen molar-refractivity contribution in [1.29, 1.82) is 0 Å². The topological polar surface area (TPSA) is 28.9 Å². The lowest BCUT2D eigenvalue weighted by Gasteiger charge is -2.43. The zero-order chi connectivity index (χ0) is 14.1. The SMILES string of the molecule is [C-]#[N+]c1c(F)ccc([C@H]2CN3CCNC[C@H]3CO2)c1C. The van der Waals surface area contributed by atoms with Crippen LogP contribution in [-0.4, -0.2) is 43.7 Å². The maximum atomic E-state index is 13.6. The summed E-state index contributed by atoms with van der Waals surface area (Å²) in [5.74, 6) is -0.447. The standard InChI is InChI=1S/C15H18FN3O/c1-10-12(3-4-13(16)15(10)17-2)14-8-19-6-5-18-7-11(19)9-20-14/h3-4,11,14,18H,5-9H2,1H3/t11-,14+/m0/s1. The average Bonchev–Trinajstić information content (AvgIpc) is 2.47. The van der Waals surface area contributed by atoms with Crippen LogP contribution in [0.4, 0.5) is 10.1 Å². The summed E-state index contributed by atoms with van der Waals surface area (Å²) in [4.78, 5) is 5.72. The summed E-state index contributed by atoms with van der Waals surface area (Å²) in [7, 11) is 0. The van der Waals surface area contributed by atoms with Gasteiger partial charge in [-0.2, -0.15) is 0 Å². The van der Waals surface area contributed by atoms with Crippen LogP contribution < -0.4 is 5.32 Å². The van der Waals surface area contributed by atoms with E-state index in [1.807, 2.05) is 0 Å². The average molecular weight is 275 g/mol. The number of hydrogen-bond acceptors (Lipinski definition) is 3. The molecule has 0 saturated carbocycles. The Hall–Kier alpha value is -1.48. The quantitative estimate of drug-likeness (QED) is 0.795. The van der Waals surface area contributed by atoms with Crippen molar-refractivity contribution >= 4 is 5.69 Å². The monoisotopic (exact) mass is 275 g/mol. The fourth-order valence-corrected chi connectivity index (χ4v) is 3.06. The summed E-state index contributed by atoms with van der Waals surface area (Å²) in [5.41, 5.74) is 1.77. The van der Waals surface area contributed by atoms with Crippen molar-refractivity contribution < 1.29 is 9.13 Å². The lowest BCUT2D eigenvalue weighted by atomic mass is 9.98. The fourth-order valence-electron chi connectivity index (χ4n) is 3.06. The number of fused-ring (bicyclic) bond motifs is 1. The Morgan fingerprint density at radius 1 is 1.50 bits per heavy atom. The van der Waals surface area contributed by atoms with E-state index >= 15 is 0 Å². The molecule has 1 N–H and O–H groups in total. The summed E-state index contributed by atoms with van der Waals surface area (Å²) in [6.07, 6.45) is -0.0644. The maximum Gasteiger partial charge on any atom is 0.225 e. The van der Waals surface area contributed by atoms with Gasteiger partial charge in [0, 0.05) is 32.2 Å². The van der Waals surface area contributed by atoms with E-state index in [-0.39, 0.29) is 11.8 Å². The van der Waals surface area contributed by atoms with E-state index in [2.05, 4.69) is 15.1 Å². The van der Waals surface area contributed by atoms with Gasteiger partial charge in [0.1, 0.15) is 5.82 Å². The van der Waals surface area contributed by atoms with Gasteiger partial charge in [-0.1, -0.05) is 6.07 Å². The number of hydrogen-bond donors (Lipinski definition) is 1. The first-order chi connectivity index (χ1) is 9.70.